The molecule has 0 aliphatic heterocycles. The van der Waals surface area contributed by atoms with Gasteiger partial charge in [-0.05, 0) is 29.9 Å². The van der Waals surface area contributed by atoms with E-state index in [9.17, 15) is 0 Å². The van der Waals surface area contributed by atoms with E-state index in [4.69, 9.17) is 0 Å². The zero-order valence-electron chi connectivity index (χ0n) is 10.2. The fourth-order valence-corrected chi connectivity index (χ4v) is 2.39. The van der Waals surface area contributed by atoms with E-state index in [0.717, 1.165) is 0 Å². The lowest BCUT2D eigenvalue weighted by Crippen LogP contribution is -2.04. The van der Waals surface area contributed by atoms with Gasteiger partial charge in [0.2, 0.25) is 0 Å². The molecule has 0 bridgehead atoms. The minimum Gasteiger partial charge on any atom is -0.0671 e. The topological polar surface area (TPSA) is 0 Å². The molecule has 0 N–H and O–H groups in total. The highest BCUT2D eigenvalue weighted by atomic mass is 14.2. The zero-order valence-corrected chi connectivity index (χ0v) is 10.2. The number of rotatable bonds is 3. The van der Waals surface area contributed by atoms with E-state index in [0.29, 0.717) is 5.92 Å². The molecule has 0 spiro atoms. The Kier molecular flexibility index (Phi) is 3.61. The molecule has 0 saturated carbocycles. The van der Waals surface area contributed by atoms with Crippen molar-refractivity contribution in [2.45, 2.75) is 33.1 Å². The molecule has 1 unspecified atom stereocenters. The lowest BCUT2D eigenvalue weighted by Gasteiger charge is -2.21. The Balaban J connectivity index is 2.21. The van der Waals surface area contributed by atoms with Gasteiger partial charge in [-0.3, -0.25) is 0 Å². The number of allylic oxidation sites excluding steroid dienone is 4. The normalized spacial score (nSPS) is 20.2. The summed E-state index contributed by atoms with van der Waals surface area (Å²) in [4.78, 5) is 0. The van der Waals surface area contributed by atoms with Crippen LogP contribution in [-0.4, -0.2) is 0 Å². The molecule has 1 aliphatic rings. The summed E-state index contributed by atoms with van der Waals surface area (Å²) in [7, 11) is 0. The summed E-state index contributed by atoms with van der Waals surface area (Å²) in [6, 6.07) is 10.7. The van der Waals surface area contributed by atoms with Gasteiger partial charge in [-0.2, -0.15) is 0 Å². The summed E-state index contributed by atoms with van der Waals surface area (Å²) >= 11 is 0. The van der Waals surface area contributed by atoms with Crippen LogP contribution in [-0.2, 0) is 0 Å². The molecule has 0 nitrogen and oxygen atoms in total. The molecular weight excluding hydrogens is 192 g/mol. The number of benzene rings is 1. The van der Waals surface area contributed by atoms with Crippen molar-refractivity contribution in [1.82, 2.24) is 0 Å². The van der Waals surface area contributed by atoms with Gasteiger partial charge in [0.25, 0.3) is 0 Å². The molecule has 0 heteroatoms. The van der Waals surface area contributed by atoms with Gasteiger partial charge in [0, 0.05) is 0 Å². The van der Waals surface area contributed by atoms with Crippen LogP contribution < -0.4 is 0 Å². The molecule has 1 atom stereocenters. The summed E-state index contributed by atoms with van der Waals surface area (Å²) in [6.07, 6.45) is 8.33. The van der Waals surface area contributed by atoms with Gasteiger partial charge >= 0.3 is 0 Å². The predicted molar refractivity (Wildman–Crippen MR) is 71.2 cm³/mol. The van der Waals surface area contributed by atoms with Gasteiger partial charge < -0.3 is 0 Å². The summed E-state index contributed by atoms with van der Waals surface area (Å²) in [5.74, 6) is 0.708. The average molecular weight is 212 g/mol. The molecular formula is C16H20. The molecule has 2 rings (SSSR count). The molecule has 0 fully saturated rings. The van der Waals surface area contributed by atoms with Gasteiger partial charge in [0.1, 0.15) is 0 Å². The lowest BCUT2D eigenvalue weighted by molar-refractivity contribution is 0.650. The Bertz CT molecular complexity index is 395. The molecule has 0 radical (unpaired) electrons. The second-order valence-corrected chi connectivity index (χ2v) is 4.65. The molecule has 84 valence electrons. The first-order chi connectivity index (χ1) is 7.81. The third-order valence-corrected chi connectivity index (χ3v) is 3.34. The van der Waals surface area contributed by atoms with Crippen LogP contribution in [0.25, 0.3) is 5.57 Å². The largest absolute Gasteiger partial charge is 0.0671 e. The highest BCUT2D eigenvalue weighted by Gasteiger charge is 2.14. The van der Waals surface area contributed by atoms with E-state index in [1.54, 1.807) is 5.57 Å². The van der Waals surface area contributed by atoms with Crippen LogP contribution in [0.2, 0.25) is 0 Å². The van der Waals surface area contributed by atoms with E-state index >= 15 is 0 Å². The van der Waals surface area contributed by atoms with Crippen molar-refractivity contribution in [1.29, 1.82) is 0 Å². The maximum atomic E-state index is 2.34. The van der Waals surface area contributed by atoms with Gasteiger partial charge in [0.05, 0.1) is 0 Å². The molecule has 1 aromatic rings. The summed E-state index contributed by atoms with van der Waals surface area (Å²) in [6.45, 7) is 4.60. The third kappa shape index (κ3) is 2.44. The van der Waals surface area contributed by atoms with Gasteiger partial charge in [0.15, 0.2) is 0 Å². The van der Waals surface area contributed by atoms with Crippen LogP contribution in [0.3, 0.4) is 0 Å². The maximum Gasteiger partial charge on any atom is -0.0188 e. The van der Waals surface area contributed by atoms with Gasteiger partial charge in [-0.25, -0.2) is 0 Å². The van der Waals surface area contributed by atoms with Gasteiger partial charge in [-0.15, -0.1) is 0 Å². The number of hydrogen-bond acceptors (Lipinski definition) is 0. The van der Waals surface area contributed by atoms with E-state index in [-0.39, 0.29) is 0 Å². The summed E-state index contributed by atoms with van der Waals surface area (Å²) in [5.41, 5.74) is 4.47. The predicted octanol–water partition coefficient (Wildman–Crippen LogP) is 4.84. The van der Waals surface area contributed by atoms with Crippen LogP contribution in [0.5, 0.6) is 0 Å². The fraction of sp³-hybridized carbons (Fsp3) is 0.375. The Hall–Kier alpha value is -1.30. The Morgan fingerprint density at radius 2 is 1.88 bits per heavy atom. The smallest absolute Gasteiger partial charge is 0.0188 e. The fourth-order valence-electron chi connectivity index (χ4n) is 2.39. The SMILES string of the molecule is CCCC1=CC=C(c2ccccc2)CC1C. The van der Waals surface area contributed by atoms with Crippen LogP contribution >= 0.6 is 0 Å². The molecule has 0 heterocycles. The standard InChI is InChI=1S/C16H20/c1-3-7-14-10-11-16(12-13(14)2)15-8-5-4-6-9-15/h4-6,8-11,13H,3,7,12H2,1-2H3. The van der Waals surface area contributed by atoms with Crippen LogP contribution in [0.15, 0.2) is 48.1 Å². The van der Waals surface area contributed by atoms with E-state index in [1.807, 2.05) is 0 Å². The first-order valence-electron chi connectivity index (χ1n) is 6.26. The second-order valence-electron chi connectivity index (χ2n) is 4.65. The van der Waals surface area contributed by atoms with Gasteiger partial charge in [-0.1, -0.05) is 68.3 Å². The van der Waals surface area contributed by atoms with Crippen molar-refractivity contribution in [3.63, 3.8) is 0 Å². The van der Waals surface area contributed by atoms with E-state index < -0.39 is 0 Å². The minimum absolute atomic E-state index is 0.708. The van der Waals surface area contributed by atoms with Crippen LogP contribution in [0.4, 0.5) is 0 Å². The second kappa shape index (κ2) is 5.16. The Morgan fingerprint density at radius 3 is 2.50 bits per heavy atom. The minimum atomic E-state index is 0.708. The first-order valence-corrected chi connectivity index (χ1v) is 6.26. The quantitative estimate of drug-likeness (QED) is 0.672. The van der Waals surface area contributed by atoms with Crippen LogP contribution in [0.1, 0.15) is 38.7 Å². The molecule has 0 saturated heterocycles. The Labute approximate surface area is 98.7 Å². The summed E-state index contributed by atoms with van der Waals surface area (Å²) < 4.78 is 0. The molecule has 0 amide bonds. The Morgan fingerprint density at radius 1 is 1.12 bits per heavy atom. The van der Waals surface area contributed by atoms with Crippen molar-refractivity contribution < 1.29 is 0 Å². The molecule has 16 heavy (non-hydrogen) atoms. The number of hydrogen-bond donors (Lipinski definition) is 0. The van der Waals surface area contributed by atoms with E-state index in [1.165, 1.54) is 30.4 Å². The molecule has 0 aromatic heterocycles. The van der Waals surface area contributed by atoms with Crippen molar-refractivity contribution in [2.24, 2.45) is 5.92 Å². The van der Waals surface area contributed by atoms with Crippen LogP contribution in [0, 0.1) is 5.92 Å². The van der Waals surface area contributed by atoms with Crippen molar-refractivity contribution in [3.05, 3.63) is 53.6 Å². The zero-order chi connectivity index (χ0) is 11.4. The molecule has 1 aromatic carbocycles. The first kappa shape index (κ1) is 11.2. The monoisotopic (exact) mass is 212 g/mol. The van der Waals surface area contributed by atoms with Crippen molar-refractivity contribution in [2.75, 3.05) is 0 Å². The maximum absolute atomic E-state index is 2.34. The highest BCUT2D eigenvalue weighted by Crippen LogP contribution is 2.32. The molecule has 1 aliphatic carbocycles. The lowest BCUT2D eigenvalue weighted by atomic mass is 9.84. The average Bonchev–Trinajstić information content (AvgIpc) is 2.33. The van der Waals surface area contributed by atoms with E-state index in [2.05, 4.69) is 56.3 Å². The third-order valence-electron chi connectivity index (χ3n) is 3.34. The summed E-state index contributed by atoms with van der Waals surface area (Å²) in [5, 5.41) is 0. The highest BCUT2D eigenvalue weighted by molar-refractivity contribution is 5.69. The van der Waals surface area contributed by atoms with Crippen molar-refractivity contribution >= 4 is 5.57 Å². The van der Waals surface area contributed by atoms with Crippen molar-refractivity contribution in [3.8, 4) is 0 Å².